The van der Waals surface area contributed by atoms with Gasteiger partial charge in [-0.15, -0.1) is 0 Å². The Morgan fingerprint density at radius 2 is 1.89 bits per heavy atom. The maximum Gasteiger partial charge on any atom is 0.256 e. The lowest BCUT2D eigenvalue weighted by Gasteiger charge is -2.19. The lowest BCUT2D eigenvalue weighted by molar-refractivity contribution is 0.172. The van der Waals surface area contributed by atoms with E-state index in [1.165, 1.54) is 4.57 Å². The van der Waals surface area contributed by atoms with Crippen molar-refractivity contribution in [1.82, 2.24) is 4.57 Å². The number of aryl methyl sites for hydroxylation is 1. The third kappa shape index (κ3) is 1.55. The lowest BCUT2D eigenvalue weighted by Crippen LogP contribution is -2.22. The molecule has 0 spiro atoms. The summed E-state index contributed by atoms with van der Waals surface area (Å²) in [6.45, 7) is 0.773. The summed E-state index contributed by atoms with van der Waals surface area (Å²) >= 11 is 0. The van der Waals surface area contributed by atoms with Gasteiger partial charge in [0, 0.05) is 24.1 Å². The number of rotatable bonds is 1. The third-order valence-electron chi connectivity index (χ3n) is 3.13. The number of fused-ring (bicyclic) bond motifs is 2. The van der Waals surface area contributed by atoms with Crippen LogP contribution in [0.5, 0.6) is 11.5 Å². The van der Waals surface area contributed by atoms with Gasteiger partial charge in [-0.3, -0.25) is 4.79 Å². The van der Waals surface area contributed by atoms with E-state index in [1.807, 2.05) is 6.07 Å². The van der Waals surface area contributed by atoms with E-state index < -0.39 is 0 Å². The van der Waals surface area contributed by atoms with Crippen molar-refractivity contribution in [2.75, 3.05) is 13.2 Å². The van der Waals surface area contributed by atoms with Crippen LogP contribution in [0.25, 0.3) is 10.9 Å². The molecule has 1 N–H and O–H groups in total. The Hall–Kier alpha value is -2.01. The van der Waals surface area contributed by atoms with Crippen molar-refractivity contribution in [1.29, 1.82) is 0 Å². The molecule has 0 saturated carbocycles. The highest BCUT2D eigenvalue weighted by molar-refractivity contribution is 5.83. The Bertz CT molecular complexity index is 675. The number of nitrogens with zero attached hydrogens (tertiary/aromatic N) is 1. The zero-order chi connectivity index (χ0) is 12.7. The minimum atomic E-state index is -0.267. The molecule has 5 heteroatoms. The summed E-state index contributed by atoms with van der Waals surface area (Å²) in [7, 11) is 1.68. The molecule has 94 valence electrons. The van der Waals surface area contributed by atoms with Crippen LogP contribution in [-0.4, -0.2) is 22.9 Å². The van der Waals surface area contributed by atoms with Gasteiger partial charge in [-0.2, -0.15) is 0 Å². The first-order valence-electron chi connectivity index (χ1n) is 5.74. The molecule has 2 heterocycles. The summed E-state index contributed by atoms with van der Waals surface area (Å²) in [5.74, 6) is 1.33. The molecule has 0 radical (unpaired) electrons. The number of ether oxygens (including phenoxy) is 2. The molecular weight excluding hydrogens is 234 g/mol. The minimum Gasteiger partial charge on any atom is -0.486 e. The molecule has 0 amide bonds. The lowest BCUT2D eigenvalue weighted by atomic mass is 10.1. The van der Waals surface area contributed by atoms with Gasteiger partial charge in [0.05, 0.1) is 12.1 Å². The highest BCUT2D eigenvalue weighted by Crippen LogP contribution is 2.34. The Kier molecular flexibility index (Phi) is 2.48. The van der Waals surface area contributed by atoms with Crippen molar-refractivity contribution in [3.05, 3.63) is 34.1 Å². The van der Waals surface area contributed by atoms with Gasteiger partial charge in [0.15, 0.2) is 11.5 Å². The first-order valence-corrected chi connectivity index (χ1v) is 5.74. The molecule has 0 bridgehead atoms. The molecule has 5 nitrogen and oxygen atoms in total. The number of hydrogen-bond donors (Lipinski definition) is 1. The fraction of sp³-hybridized carbons (Fsp3) is 0.308. The minimum absolute atomic E-state index is 0.193. The van der Waals surface area contributed by atoms with Gasteiger partial charge in [-0.1, -0.05) is 0 Å². The maximum absolute atomic E-state index is 11.9. The van der Waals surface area contributed by atoms with E-state index in [0.717, 1.165) is 10.9 Å². The number of aromatic nitrogens is 1. The van der Waals surface area contributed by atoms with Crippen LogP contribution in [0.1, 0.15) is 5.56 Å². The molecule has 0 atom stereocenters. The van der Waals surface area contributed by atoms with Crippen LogP contribution in [0, 0.1) is 0 Å². The van der Waals surface area contributed by atoms with E-state index in [4.69, 9.17) is 9.47 Å². The molecule has 2 aromatic rings. The van der Waals surface area contributed by atoms with Crippen LogP contribution in [0.2, 0.25) is 0 Å². The maximum atomic E-state index is 11.9. The van der Waals surface area contributed by atoms with E-state index >= 15 is 0 Å². The Morgan fingerprint density at radius 1 is 1.22 bits per heavy atom. The summed E-state index contributed by atoms with van der Waals surface area (Å²) in [6, 6.07) is 5.32. The monoisotopic (exact) mass is 247 g/mol. The standard InChI is InChI=1S/C13H13NO4/c1-14-10-6-12-11(17-2-3-18-12)5-8(10)4-9(7-15)13(14)16/h4-6,15H,2-3,7H2,1H3. The van der Waals surface area contributed by atoms with Crippen LogP contribution in [0.15, 0.2) is 23.0 Å². The number of benzene rings is 1. The summed E-state index contributed by atoms with van der Waals surface area (Å²) < 4.78 is 12.5. The van der Waals surface area contributed by atoms with Gasteiger partial charge in [0.1, 0.15) is 13.2 Å². The summed E-state index contributed by atoms with van der Waals surface area (Å²) in [4.78, 5) is 11.9. The highest BCUT2D eigenvalue weighted by atomic mass is 16.6. The fourth-order valence-corrected chi connectivity index (χ4v) is 2.19. The smallest absolute Gasteiger partial charge is 0.256 e. The van der Waals surface area contributed by atoms with Gasteiger partial charge >= 0.3 is 0 Å². The highest BCUT2D eigenvalue weighted by Gasteiger charge is 2.15. The van der Waals surface area contributed by atoms with Crippen molar-refractivity contribution in [2.45, 2.75) is 6.61 Å². The molecule has 18 heavy (non-hydrogen) atoms. The van der Waals surface area contributed by atoms with Crippen LogP contribution in [-0.2, 0) is 13.7 Å². The normalized spacial score (nSPS) is 13.9. The van der Waals surface area contributed by atoms with E-state index in [1.54, 1.807) is 19.2 Å². The van der Waals surface area contributed by atoms with Crippen LogP contribution in [0.4, 0.5) is 0 Å². The van der Waals surface area contributed by atoms with E-state index in [9.17, 15) is 9.90 Å². The summed E-state index contributed by atoms with van der Waals surface area (Å²) in [6.07, 6.45) is 0. The second-order valence-corrected chi connectivity index (χ2v) is 4.25. The Labute approximate surface area is 103 Å². The predicted molar refractivity (Wildman–Crippen MR) is 66.1 cm³/mol. The molecule has 1 aliphatic heterocycles. The Balaban J connectivity index is 2.34. The predicted octanol–water partition coefficient (Wildman–Crippen LogP) is 0.802. The molecular formula is C13H13NO4. The fourth-order valence-electron chi connectivity index (χ4n) is 2.19. The SMILES string of the molecule is Cn1c(=O)c(CO)cc2cc3c(cc21)OCCO3. The second-order valence-electron chi connectivity index (χ2n) is 4.25. The zero-order valence-corrected chi connectivity index (χ0v) is 9.97. The largest absolute Gasteiger partial charge is 0.486 e. The van der Waals surface area contributed by atoms with Crippen molar-refractivity contribution >= 4 is 10.9 Å². The van der Waals surface area contributed by atoms with E-state index in [-0.39, 0.29) is 12.2 Å². The molecule has 0 fully saturated rings. The summed E-state index contributed by atoms with van der Waals surface area (Å²) in [5, 5.41) is 10.0. The van der Waals surface area contributed by atoms with Crippen LogP contribution < -0.4 is 15.0 Å². The average molecular weight is 247 g/mol. The first-order chi connectivity index (χ1) is 8.70. The summed E-state index contributed by atoms with van der Waals surface area (Å²) in [5.41, 5.74) is 0.949. The topological polar surface area (TPSA) is 60.7 Å². The van der Waals surface area contributed by atoms with Crippen LogP contribution in [0.3, 0.4) is 0 Å². The number of hydrogen-bond acceptors (Lipinski definition) is 4. The zero-order valence-electron chi connectivity index (χ0n) is 9.97. The molecule has 1 aromatic carbocycles. The molecule has 0 saturated heterocycles. The molecule has 0 unspecified atom stereocenters. The van der Waals surface area contributed by atoms with Crippen molar-refractivity contribution in [3.63, 3.8) is 0 Å². The van der Waals surface area contributed by atoms with Crippen molar-refractivity contribution < 1.29 is 14.6 Å². The molecule has 1 aromatic heterocycles. The molecule has 0 aliphatic carbocycles. The van der Waals surface area contributed by atoms with Gasteiger partial charge in [-0.25, -0.2) is 0 Å². The number of aliphatic hydroxyl groups is 1. The van der Waals surface area contributed by atoms with Gasteiger partial charge in [0.25, 0.3) is 5.56 Å². The number of aliphatic hydroxyl groups excluding tert-OH is 1. The number of pyridine rings is 1. The second kappa shape index (κ2) is 4.03. The quantitative estimate of drug-likeness (QED) is 0.809. The van der Waals surface area contributed by atoms with E-state index in [2.05, 4.69) is 0 Å². The average Bonchev–Trinajstić information content (AvgIpc) is 2.41. The van der Waals surface area contributed by atoms with Gasteiger partial charge in [-0.05, 0) is 12.1 Å². The molecule has 3 rings (SSSR count). The third-order valence-corrected chi connectivity index (χ3v) is 3.13. The van der Waals surface area contributed by atoms with Crippen molar-refractivity contribution in [2.24, 2.45) is 7.05 Å². The van der Waals surface area contributed by atoms with E-state index in [0.29, 0.717) is 30.3 Å². The van der Waals surface area contributed by atoms with Crippen LogP contribution >= 0.6 is 0 Å². The molecule has 1 aliphatic rings. The first kappa shape index (κ1) is 11.1. The Morgan fingerprint density at radius 3 is 2.56 bits per heavy atom. The van der Waals surface area contributed by atoms with Gasteiger partial charge < -0.3 is 19.1 Å². The van der Waals surface area contributed by atoms with Crippen molar-refractivity contribution in [3.8, 4) is 11.5 Å². The van der Waals surface area contributed by atoms with Gasteiger partial charge in [0.2, 0.25) is 0 Å².